The number of benzene rings is 1. The van der Waals surface area contributed by atoms with Gasteiger partial charge in [0.1, 0.15) is 11.5 Å². The highest BCUT2D eigenvalue weighted by Gasteiger charge is 2.22. The van der Waals surface area contributed by atoms with Crippen molar-refractivity contribution in [2.24, 2.45) is 0 Å². The van der Waals surface area contributed by atoms with Gasteiger partial charge in [-0.2, -0.15) is 11.8 Å². The minimum absolute atomic E-state index is 0.312. The highest BCUT2D eigenvalue weighted by atomic mass is 32.2. The van der Waals surface area contributed by atoms with Gasteiger partial charge in [0.25, 0.3) is 0 Å². The van der Waals surface area contributed by atoms with E-state index in [-0.39, 0.29) is 5.75 Å². The molecular formula is C20H28N2O4S2. The summed E-state index contributed by atoms with van der Waals surface area (Å²) in [7, 11) is -3.63. The predicted octanol–water partition coefficient (Wildman–Crippen LogP) is 3.52. The summed E-state index contributed by atoms with van der Waals surface area (Å²) in [6.07, 6.45) is 1.96. The number of aromatic nitrogens is 1. The van der Waals surface area contributed by atoms with E-state index in [1.54, 1.807) is 6.92 Å². The minimum Gasteiger partial charge on any atom is -0.441 e. The van der Waals surface area contributed by atoms with E-state index in [0.29, 0.717) is 23.9 Å². The molecule has 0 aliphatic rings. The van der Waals surface area contributed by atoms with Crippen LogP contribution in [0.5, 0.6) is 0 Å². The molecule has 28 heavy (non-hydrogen) atoms. The molecule has 0 saturated heterocycles. The topological polar surface area (TPSA) is 89.3 Å². The number of carbonyl (C=O) groups is 1. The molecule has 2 rings (SSSR count). The van der Waals surface area contributed by atoms with Gasteiger partial charge in [0.2, 0.25) is 11.8 Å². The summed E-state index contributed by atoms with van der Waals surface area (Å²) in [4.78, 5) is 16.3. The van der Waals surface area contributed by atoms with Crippen LogP contribution in [0.25, 0.3) is 11.5 Å². The Kier molecular flexibility index (Phi) is 8.57. The van der Waals surface area contributed by atoms with Crippen molar-refractivity contribution in [3.8, 4) is 11.5 Å². The van der Waals surface area contributed by atoms with Gasteiger partial charge in [-0.3, -0.25) is 4.79 Å². The van der Waals surface area contributed by atoms with Gasteiger partial charge in [-0.25, -0.2) is 13.4 Å². The number of hydrogen-bond donors (Lipinski definition) is 1. The third-order valence-corrected chi connectivity index (χ3v) is 6.80. The fourth-order valence-corrected chi connectivity index (χ4v) is 4.78. The van der Waals surface area contributed by atoms with E-state index in [4.69, 9.17) is 4.42 Å². The Balaban J connectivity index is 1.92. The second-order valence-corrected chi connectivity index (χ2v) is 9.97. The van der Waals surface area contributed by atoms with Crippen LogP contribution in [0.15, 0.2) is 28.7 Å². The summed E-state index contributed by atoms with van der Waals surface area (Å²) in [5.41, 5.74) is 2.17. The Labute approximate surface area is 171 Å². The number of nitrogens with one attached hydrogen (secondary N) is 1. The first-order valence-electron chi connectivity index (χ1n) is 9.39. The third kappa shape index (κ3) is 6.98. The molecule has 0 atom stereocenters. The van der Waals surface area contributed by atoms with E-state index in [0.717, 1.165) is 35.5 Å². The molecule has 0 saturated carbocycles. The molecule has 0 unspecified atom stereocenters. The van der Waals surface area contributed by atoms with Crippen LogP contribution in [0.3, 0.4) is 0 Å². The fourth-order valence-electron chi connectivity index (χ4n) is 2.65. The zero-order valence-electron chi connectivity index (χ0n) is 16.7. The molecular weight excluding hydrogens is 396 g/mol. The molecule has 0 aliphatic heterocycles. The first kappa shape index (κ1) is 22.5. The van der Waals surface area contributed by atoms with Gasteiger partial charge in [-0.05, 0) is 49.8 Å². The number of rotatable bonds is 11. The van der Waals surface area contributed by atoms with Crippen molar-refractivity contribution in [2.75, 3.05) is 23.8 Å². The van der Waals surface area contributed by atoms with Crippen LogP contribution in [0.4, 0.5) is 0 Å². The van der Waals surface area contributed by atoms with Gasteiger partial charge in [-0.15, -0.1) is 0 Å². The molecule has 1 aromatic heterocycles. The van der Waals surface area contributed by atoms with Gasteiger partial charge in [-0.1, -0.05) is 25.1 Å². The monoisotopic (exact) mass is 424 g/mol. The lowest BCUT2D eigenvalue weighted by Crippen LogP contribution is -2.31. The Morgan fingerprint density at radius 1 is 1.21 bits per heavy atom. The molecule has 0 spiro atoms. The molecule has 8 heteroatoms. The molecule has 2 aromatic rings. The SMILES string of the molecule is CCCSCCCNC(=O)CS(=O)(=O)Cc1nc(-c2ccccc2C)oc1C. The van der Waals surface area contributed by atoms with Crippen molar-refractivity contribution in [3.63, 3.8) is 0 Å². The summed E-state index contributed by atoms with van der Waals surface area (Å²) in [5.74, 6) is 1.59. The number of sulfone groups is 1. The highest BCUT2D eigenvalue weighted by molar-refractivity contribution is 7.99. The number of thioether (sulfide) groups is 1. The number of aryl methyl sites for hydroxylation is 2. The molecule has 0 bridgehead atoms. The number of nitrogens with zero attached hydrogens (tertiary/aromatic N) is 1. The molecule has 1 aromatic carbocycles. The average molecular weight is 425 g/mol. The van der Waals surface area contributed by atoms with E-state index in [9.17, 15) is 13.2 Å². The predicted molar refractivity (Wildman–Crippen MR) is 114 cm³/mol. The lowest BCUT2D eigenvalue weighted by molar-refractivity contribution is -0.118. The van der Waals surface area contributed by atoms with Crippen LogP contribution in [0.1, 0.15) is 36.8 Å². The number of hydrogen-bond acceptors (Lipinski definition) is 6. The Morgan fingerprint density at radius 2 is 1.96 bits per heavy atom. The first-order chi connectivity index (χ1) is 13.3. The van der Waals surface area contributed by atoms with Gasteiger partial charge in [0.05, 0.1) is 11.4 Å². The van der Waals surface area contributed by atoms with Crippen LogP contribution in [0, 0.1) is 13.8 Å². The molecule has 0 radical (unpaired) electrons. The molecule has 0 fully saturated rings. The third-order valence-electron chi connectivity index (χ3n) is 4.11. The van der Waals surface area contributed by atoms with Crippen LogP contribution in [0.2, 0.25) is 0 Å². The van der Waals surface area contributed by atoms with Crippen molar-refractivity contribution >= 4 is 27.5 Å². The molecule has 1 N–H and O–H groups in total. The fraction of sp³-hybridized carbons (Fsp3) is 0.500. The Morgan fingerprint density at radius 3 is 2.68 bits per heavy atom. The van der Waals surface area contributed by atoms with E-state index < -0.39 is 21.5 Å². The van der Waals surface area contributed by atoms with Gasteiger partial charge in [0.15, 0.2) is 9.84 Å². The maximum Gasteiger partial charge on any atom is 0.235 e. The smallest absolute Gasteiger partial charge is 0.235 e. The maximum atomic E-state index is 12.4. The summed E-state index contributed by atoms with van der Waals surface area (Å²) in [5, 5.41) is 2.68. The number of oxazole rings is 1. The molecule has 154 valence electrons. The Bertz CT molecular complexity index is 891. The van der Waals surface area contributed by atoms with Crippen LogP contribution in [-0.2, 0) is 20.4 Å². The van der Waals surface area contributed by atoms with Crippen LogP contribution in [-0.4, -0.2) is 43.1 Å². The van der Waals surface area contributed by atoms with Crippen LogP contribution < -0.4 is 5.32 Å². The molecule has 1 heterocycles. The average Bonchev–Trinajstić information content (AvgIpc) is 2.97. The van der Waals surface area contributed by atoms with Crippen molar-refractivity contribution in [1.82, 2.24) is 10.3 Å². The summed E-state index contributed by atoms with van der Waals surface area (Å²) in [6, 6.07) is 7.62. The van der Waals surface area contributed by atoms with E-state index in [1.165, 1.54) is 0 Å². The second kappa shape index (κ2) is 10.7. The normalized spacial score (nSPS) is 11.5. The molecule has 6 nitrogen and oxygen atoms in total. The minimum atomic E-state index is -3.63. The van der Waals surface area contributed by atoms with Crippen molar-refractivity contribution in [1.29, 1.82) is 0 Å². The van der Waals surface area contributed by atoms with E-state index >= 15 is 0 Å². The zero-order chi connectivity index (χ0) is 20.6. The molecule has 0 aliphatic carbocycles. The van der Waals surface area contributed by atoms with E-state index in [1.807, 2.05) is 43.0 Å². The lowest BCUT2D eigenvalue weighted by atomic mass is 10.1. The highest BCUT2D eigenvalue weighted by Crippen LogP contribution is 2.25. The molecule has 1 amide bonds. The maximum absolute atomic E-state index is 12.4. The first-order valence-corrected chi connectivity index (χ1v) is 12.4. The number of carbonyl (C=O) groups excluding carboxylic acids is 1. The van der Waals surface area contributed by atoms with Gasteiger partial charge >= 0.3 is 0 Å². The quantitative estimate of drug-likeness (QED) is 0.555. The summed E-state index contributed by atoms with van der Waals surface area (Å²) >= 11 is 1.83. The lowest BCUT2D eigenvalue weighted by Gasteiger charge is -2.06. The standard InChI is InChI=1S/C20H28N2O4S2/c1-4-11-27-12-7-10-21-19(23)14-28(24,25)13-18-16(3)26-20(22-18)17-9-6-5-8-15(17)2/h5-6,8-9H,4,7,10-14H2,1-3H3,(H,21,23). The Hall–Kier alpha value is -1.80. The zero-order valence-corrected chi connectivity index (χ0v) is 18.3. The summed E-state index contributed by atoms with van der Waals surface area (Å²) in [6.45, 7) is 6.25. The van der Waals surface area contributed by atoms with Gasteiger partial charge < -0.3 is 9.73 Å². The largest absolute Gasteiger partial charge is 0.441 e. The second-order valence-electron chi connectivity index (χ2n) is 6.68. The number of amides is 1. The van der Waals surface area contributed by atoms with Crippen LogP contribution >= 0.6 is 11.8 Å². The van der Waals surface area contributed by atoms with Gasteiger partial charge in [0, 0.05) is 12.1 Å². The van der Waals surface area contributed by atoms with Crippen molar-refractivity contribution < 1.29 is 17.6 Å². The van der Waals surface area contributed by atoms with Crippen molar-refractivity contribution in [3.05, 3.63) is 41.3 Å². The van der Waals surface area contributed by atoms with Crippen molar-refractivity contribution in [2.45, 2.75) is 39.4 Å². The summed E-state index contributed by atoms with van der Waals surface area (Å²) < 4.78 is 30.5. The van der Waals surface area contributed by atoms with E-state index in [2.05, 4.69) is 17.2 Å².